The fraction of sp³-hybridized carbons (Fsp3) is 0. The van der Waals surface area contributed by atoms with Crippen molar-refractivity contribution in [1.29, 1.82) is 0 Å². The van der Waals surface area contributed by atoms with E-state index >= 15 is 0 Å². The largest absolute Gasteiger partial charge is 0.309 e. The lowest BCUT2D eigenvalue weighted by Crippen LogP contribution is -2.01. The second-order valence-corrected chi connectivity index (χ2v) is 13.6. The maximum absolute atomic E-state index is 5.19. The molecule has 9 aromatic carbocycles. The standard InChI is InChI=1S/C49H30N4/c1-2-13-32(14-3-1)47-50-48(52-49(51-47)42-29-36-17-7-8-18-38(36)40-20-10-11-21-41(40)42)33-22-25-37(26-23-33)53-44-27-24-31-12-6-9-19-39(31)46(44)43-28-34-15-4-5-16-35(34)30-45(43)53/h1-30H. The summed E-state index contributed by atoms with van der Waals surface area (Å²) in [7, 11) is 0. The first-order valence-electron chi connectivity index (χ1n) is 17.9. The summed E-state index contributed by atoms with van der Waals surface area (Å²) in [6, 6.07) is 64.5. The molecule has 0 unspecified atom stereocenters. The zero-order valence-electron chi connectivity index (χ0n) is 28.6. The molecule has 0 aliphatic heterocycles. The van der Waals surface area contributed by atoms with E-state index < -0.39 is 0 Å². The summed E-state index contributed by atoms with van der Waals surface area (Å²) in [6.45, 7) is 0. The smallest absolute Gasteiger partial charge is 0.164 e. The van der Waals surface area contributed by atoms with E-state index in [4.69, 9.17) is 15.0 Å². The number of fused-ring (bicyclic) bond motifs is 9. The van der Waals surface area contributed by atoms with E-state index in [1.807, 2.05) is 18.2 Å². The molecule has 11 rings (SSSR count). The van der Waals surface area contributed by atoms with E-state index in [1.165, 1.54) is 54.1 Å². The van der Waals surface area contributed by atoms with Crippen LogP contribution in [-0.2, 0) is 0 Å². The summed E-state index contributed by atoms with van der Waals surface area (Å²) in [4.78, 5) is 15.4. The van der Waals surface area contributed by atoms with Crippen LogP contribution in [0, 0.1) is 0 Å². The highest BCUT2D eigenvalue weighted by Crippen LogP contribution is 2.40. The second kappa shape index (κ2) is 11.7. The van der Waals surface area contributed by atoms with E-state index in [0.29, 0.717) is 17.5 Å². The summed E-state index contributed by atoms with van der Waals surface area (Å²) in [5.41, 5.74) is 6.30. The van der Waals surface area contributed by atoms with Crippen LogP contribution in [0.3, 0.4) is 0 Å². The third kappa shape index (κ3) is 4.73. The summed E-state index contributed by atoms with van der Waals surface area (Å²) in [5.74, 6) is 1.94. The van der Waals surface area contributed by atoms with Crippen LogP contribution in [0.1, 0.15) is 0 Å². The van der Waals surface area contributed by atoms with Crippen molar-refractivity contribution < 1.29 is 0 Å². The first-order valence-corrected chi connectivity index (χ1v) is 17.9. The topological polar surface area (TPSA) is 43.6 Å². The number of aromatic nitrogens is 4. The molecule has 2 aromatic heterocycles. The first-order chi connectivity index (χ1) is 26.3. The lowest BCUT2D eigenvalue weighted by Gasteiger charge is -2.13. The van der Waals surface area contributed by atoms with Gasteiger partial charge in [0.25, 0.3) is 0 Å². The first kappa shape index (κ1) is 29.5. The number of hydrogen-bond donors (Lipinski definition) is 0. The molecule has 0 radical (unpaired) electrons. The Morgan fingerprint density at radius 2 is 0.887 bits per heavy atom. The van der Waals surface area contributed by atoms with Crippen molar-refractivity contribution >= 4 is 64.9 Å². The zero-order valence-corrected chi connectivity index (χ0v) is 28.6. The van der Waals surface area contributed by atoms with Gasteiger partial charge >= 0.3 is 0 Å². The molecule has 4 heteroatoms. The Morgan fingerprint density at radius 3 is 1.64 bits per heavy atom. The maximum Gasteiger partial charge on any atom is 0.164 e. The van der Waals surface area contributed by atoms with Crippen LogP contribution >= 0.6 is 0 Å². The molecular weight excluding hydrogens is 645 g/mol. The van der Waals surface area contributed by atoms with Gasteiger partial charge < -0.3 is 4.57 Å². The monoisotopic (exact) mass is 674 g/mol. The fourth-order valence-electron chi connectivity index (χ4n) is 8.09. The highest BCUT2D eigenvalue weighted by atomic mass is 15.0. The average Bonchev–Trinajstić information content (AvgIpc) is 3.56. The third-order valence-electron chi connectivity index (χ3n) is 10.6. The van der Waals surface area contributed by atoms with Gasteiger partial charge in [0, 0.05) is 33.2 Å². The second-order valence-electron chi connectivity index (χ2n) is 13.6. The molecule has 0 fully saturated rings. The molecule has 4 nitrogen and oxygen atoms in total. The van der Waals surface area contributed by atoms with Crippen molar-refractivity contribution in [3.05, 3.63) is 182 Å². The molecular formula is C49H30N4. The van der Waals surface area contributed by atoms with Gasteiger partial charge in [0.05, 0.1) is 11.0 Å². The average molecular weight is 675 g/mol. The van der Waals surface area contributed by atoms with Crippen LogP contribution in [0.15, 0.2) is 182 Å². The molecule has 2 heterocycles. The summed E-state index contributed by atoms with van der Waals surface area (Å²) in [6.07, 6.45) is 0. The van der Waals surface area contributed by atoms with Crippen molar-refractivity contribution in [2.75, 3.05) is 0 Å². The molecule has 53 heavy (non-hydrogen) atoms. The molecule has 0 saturated heterocycles. The predicted octanol–water partition coefficient (Wildman–Crippen LogP) is 12.6. The molecule has 0 saturated carbocycles. The van der Waals surface area contributed by atoms with Gasteiger partial charge in [0.1, 0.15) is 0 Å². The summed E-state index contributed by atoms with van der Waals surface area (Å²) < 4.78 is 2.39. The Hall–Kier alpha value is -7.17. The van der Waals surface area contributed by atoms with Crippen molar-refractivity contribution in [2.24, 2.45) is 0 Å². The van der Waals surface area contributed by atoms with E-state index in [1.54, 1.807) is 0 Å². The van der Waals surface area contributed by atoms with Crippen LogP contribution in [0.25, 0.3) is 105 Å². The minimum atomic E-state index is 0.636. The third-order valence-corrected chi connectivity index (χ3v) is 10.6. The highest BCUT2D eigenvalue weighted by Gasteiger charge is 2.18. The van der Waals surface area contributed by atoms with Gasteiger partial charge in [-0.15, -0.1) is 0 Å². The Morgan fingerprint density at radius 1 is 0.321 bits per heavy atom. The van der Waals surface area contributed by atoms with Gasteiger partial charge in [-0.2, -0.15) is 0 Å². The normalized spacial score (nSPS) is 11.8. The van der Waals surface area contributed by atoms with Crippen molar-refractivity contribution in [3.63, 3.8) is 0 Å². The van der Waals surface area contributed by atoms with E-state index in [2.05, 4.69) is 168 Å². The number of nitrogens with zero attached hydrogens (tertiary/aromatic N) is 4. The maximum atomic E-state index is 5.19. The molecule has 0 atom stereocenters. The molecule has 0 N–H and O–H groups in total. The number of benzene rings is 9. The van der Waals surface area contributed by atoms with Gasteiger partial charge in [-0.1, -0.05) is 133 Å². The molecule has 0 amide bonds. The van der Waals surface area contributed by atoms with Gasteiger partial charge in [-0.05, 0) is 91.6 Å². The Balaban J connectivity index is 1.11. The van der Waals surface area contributed by atoms with E-state index in [-0.39, 0.29) is 0 Å². The van der Waals surface area contributed by atoms with E-state index in [0.717, 1.165) is 33.2 Å². The Kier molecular flexibility index (Phi) is 6.52. The van der Waals surface area contributed by atoms with Gasteiger partial charge in [-0.25, -0.2) is 15.0 Å². The molecule has 0 aliphatic carbocycles. The molecule has 0 bridgehead atoms. The lowest BCUT2D eigenvalue weighted by molar-refractivity contribution is 1.08. The summed E-state index contributed by atoms with van der Waals surface area (Å²) >= 11 is 0. The number of rotatable bonds is 4. The van der Waals surface area contributed by atoms with Crippen molar-refractivity contribution in [2.45, 2.75) is 0 Å². The Bertz CT molecular complexity index is 3220. The quantitative estimate of drug-likeness (QED) is 0.175. The molecule has 0 spiro atoms. The molecule has 11 aromatic rings. The van der Waals surface area contributed by atoms with Crippen molar-refractivity contribution in [1.82, 2.24) is 19.5 Å². The fourth-order valence-corrected chi connectivity index (χ4v) is 8.09. The predicted molar refractivity (Wildman–Crippen MR) is 220 cm³/mol. The van der Waals surface area contributed by atoms with Gasteiger partial charge in [0.15, 0.2) is 17.5 Å². The van der Waals surface area contributed by atoms with Gasteiger partial charge in [0.2, 0.25) is 0 Å². The Labute approximate surface area is 305 Å². The number of hydrogen-bond acceptors (Lipinski definition) is 3. The van der Waals surface area contributed by atoms with Crippen LogP contribution in [0.5, 0.6) is 0 Å². The van der Waals surface area contributed by atoms with Crippen LogP contribution in [-0.4, -0.2) is 19.5 Å². The SMILES string of the molecule is c1ccc(-c2nc(-c3ccc(-n4c5cc6ccccc6cc5c5c6ccccc6ccc54)cc3)nc(-c3cc4ccccc4c4ccccc34)n2)cc1. The summed E-state index contributed by atoms with van der Waals surface area (Å²) in [5, 5.41) is 12.1. The van der Waals surface area contributed by atoms with E-state index in [9.17, 15) is 0 Å². The minimum absolute atomic E-state index is 0.636. The zero-order chi connectivity index (χ0) is 34.9. The highest BCUT2D eigenvalue weighted by molar-refractivity contribution is 6.23. The lowest BCUT2D eigenvalue weighted by atomic mass is 9.97. The van der Waals surface area contributed by atoms with Crippen LogP contribution in [0.2, 0.25) is 0 Å². The van der Waals surface area contributed by atoms with Crippen molar-refractivity contribution in [3.8, 4) is 39.9 Å². The molecule has 246 valence electrons. The molecule has 0 aliphatic rings. The minimum Gasteiger partial charge on any atom is -0.309 e. The van der Waals surface area contributed by atoms with Crippen LogP contribution < -0.4 is 0 Å². The van der Waals surface area contributed by atoms with Crippen LogP contribution in [0.4, 0.5) is 0 Å². The van der Waals surface area contributed by atoms with Gasteiger partial charge in [-0.3, -0.25) is 0 Å².